The van der Waals surface area contributed by atoms with E-state index in [1.165, 1.54) is 17.8 Å². The van der Waals surface area contributed by atoms with E-state index in [4.69, 9.17) is 0 Å². The van der Waals surface area contributed by atoms with Crippen LogP contribution < -0.4 is 0 Å². The second kappa shape index (κ2) is 6.09. The minimum Gasteiger partial charge on any atom is -0.293 e. The molecule has 0 unspecified atom stereocenters. The van der Waals surface area contributed by atoms with Crippen molar-refractivity contribution in [1.29, 1.82) is 0 Å². The van der Waals surface area contributed by atoms with Crippen LogP contribution in [-0.4, -0.2) is 21.5 Å². The lowest BCUT2D eigenvalue weighted by atomic mass is 10.1. The Morgan fingerprint density at radius 1 is 1.10 bits per heavy atom. The van der Waals surface area contributed by atoms with E-state index in [0.29, 0.717) is 5.16 Å². The summed E-state index contributed by atoms with van der Waals surface area (Å²) >= 11 is 1.17. The number of rotatable bonds is 4. The number of Topliss-reactive ketones (excluding diaryl/α,β-unsaturated/α-hetero) is 1. The van der Waals surface area contributed by atoms with Crippen LogP contribution in [0.5, 0.6) is 0 Å². The Morgan fingerprint density at radius 2 is 1.75 bits per heavy atom. The van der Waals surface area contributed by atoms with E-state index in [9.17, 15) is 13.6 Å². The maximum Gasteiger partial charge on any atom is 0.188 e. The zero-order chi connectivity index (χ0) is 14.7. The van der Waals surface area contributed by atoms with Gasteiger partial charge in [0.1, 0.15) is 0 Å². The molecule has 0 amide bonds. The molecule has 0 saturated carbocycles. The van der Waals surface area contributed by atoms with Crippen LogP contribution in [0.3, 0.4) is 0 Å². The molecule has 2 rings (SSSR count). The first-order valence-corrected chi connectivity index (χ1v) is 6.87. The molecule has 0 aliphatic carbocycles. The third-order valence-electron chi connectivity index (χ3n) is 2.54. The zero-order valence-electron chi connectivity index (χ0n) is 11.0. The molecule has 0 bridgehead atoms. The average Bonchev–Trinajstić information content (AvgIpc) is 2.38. The third kappa shape index (κ3) is 3.60. The molecule has 20 heavy (non-hydrogen) atoms. The molecule has 1 aromatic carbocycles. The molecule has 0 spiro atoms. The summed E-state index contributed by atoms with van der Waals surface area (Å²) in [7, 11) is 0. The van der Waals surface area contributed by atoms with Crippen molar-refractivity contribution in [3.63, 3.8) is 0 Å². The van der Waals surface area contributed by atoms with Crippen molar-refractivity contribution in [3.8, 4) is 0 Å². The second-order valence-electron chi connectivity index (χ2n) is 4.27. The number of aromatic nitrogens is 2. The van der Waals surface area contributed by atoms with Crippen LogP contribution in [-0.2, 0) is 0 Å². The van der Waals surface area contributed by atoms with Gasteiger partial charge in [-0.2, -0.15) is 0 Å². The van der Waals surface area contributed by atoms with Crippen molar-refractivity contribution < 1.29 is 13.6 Å². The molecule has 0 atom stereocenters. The summed E-state index contributed by atoms with van der Waals surface area (Å²) in [5, 5.41) is 0.499. The van der Waals surface area contributed by atoms with Gasteiger partial charge in [-0.3, -0.25) is 4.79 Å². The van der Waals surface area contributed by atoms with Crippen molar-refractivity contribution in [3.05, 3.63) is 52.9 Å². The van der Waals surface area contributed by atoms with E-state index in [1.807, 2.05) is 19.9 Å². The van der Waals surface area contributed by atoms with Crippen LogP contribution in [0.4, 0.5) is 8.78 Å². The zero-order valence-corrected chi connectivity index (χ0v) is 11.8. The van der Waals surface area contributed by atoms with Crippen molar-refractivity contribution in [2.45, 2.75) is 19.0 Å². The fourth-order valence-corrected chi connectivity index (χ4v) is 2.49. The molecule has 0 N–H and O–H groups in total. The topological polar surface area (TPSA) is 42.9 Å². The number of aryl methyl sites for hydroxylation is 2. The highest BCUT2D eigenvalue weighted by Gasteiger charge is 2.11. The Kier molecular flexibility index (Phi) is 4.44. The maximum atomic E-state index is 13.0. The first kappa shape index (κ1) is 14.6. The Morgan fingerprint density at radius 3 is 2.35 bits per heavy atom. The van der Waals surface area contributed by atoms with Crippen molar-refractivity contribution >= 4 is 17.5 Å². The van der Waals surface area contributed by atoms with Gasteiger partial charge in [0, 0.05) is 17.0 Å². The molecule has 0 saturated heterocycles. The number of carbonyl (C=O) groups is 1. The van der Waals surface area contributed by atoms with E-state index < -0.39 is 11.6 Å². The van der Waals surface area contributed by atoms with Crippen LogP contribution in [0.2, 0.25) is 0 Å². The Bertz CT molecular complexity index is 641. The van der Waals surface area contributed by atoms with Crippen LogP contribution in [0.1, 0.15) is 21.7 Å². The largest absolute Gasteiger partial charge is 0.293 e. The smallest absolute Gasteiger partial charge is 0.188 e. The van der Waals surface area contributed by atoms with Gasteiger partial charge in [-0.25, -0.2) is 18.7 Å². The van der Waals surface area contributed by atoms with Crippen molar-refractivity contribution in [2.75, 3.05) is 5.75 Å². The Labute approximate surface area is 119 Å². The summed E-state index contributed by atoms with van der Waals surface area (Å²) in [6, 6.07) is 4.95. The number of thioether (sulfide) groups is 1. The van der Waals surface area contributed by atoms with E-state index >= 15 is 0 Å². The van der Waals surface area contributed by atoms with Gasteiger partial charge in [0.2, 0.25) is 0 Å². The highest BCUT2D eigenvalue weighted by atomic mass is 32.2. The third-order valence-corrected chi connectivity index (χ3v) is 3.38. The van der Waals surface area contributed by atoms with Gasteiger partial charge in [0.15, 0.2) is 22.6 Å². The standard InChI is InChI=1S/C14H12F2N2OS/c1-8-5-9(2)18-14(17-8)20-7-13(19)10-3-4-11(15)12(16)6-10/h3-6H,7H2,1-2H3. The molecule has 1 aromatic heterocycles. The number of hydrogen-bond donors (Lipinski definition) is 0. The van der Waals surface area contributed by atoms with Gasteiger partial charge in [-0.05, 0) is 38.1 Å². The van der Waals surface area contributed by atoms with Gasteiger partial charge >= 0.3 is 0 Å². The number of benzene rings is 1. The van der Waals surface area contributed by atoms with E-state index in [1.54, 1.807) is 0 Å². The van der Waals surface area contributed by atoms with Crippen LogP contribution in [0.15, 0.2) is 29.4 Å². The van der Waals surface area contributed by atoms with Gasteiger partial charge < -0.3 is 0 Å². The lowest BCUT2D eigenvalue weighted by molar-refractivity contribution is 0.102. The number of ketones is 1. The highest BCUT2D eigenvalue weighted by molar-refractivity contribution is 7.99. The Balaban J connectivity index is 2.06. The molecule has 0 radical (unpaired) electrons. The number of nitrogens with zero attached hydrogens (tertiary/aromatic N) is 2. The first-order chi connectivity index (χ1) is 9.45. The average molecular weight is 294 g/mol. The van der Waals surface area contributed by atoms with Crippen molar-refractivity contribution in [1.82, 2.24) is 9.97 Å². The predicted molar refractivity (Wildman–Crippen MR) is 72.9 cm³/mol. The fraction of sp³-hybridized carbons (Fsp3) is 0.214. The number of hydrogen-bond acceptors (Lipinski definition) is 4. The normalized spacial score (nSPS) is 10.6. The van der Waals surface area contributed by atoms with E-state index in [0.717, 1.165) is 23.5 Å². The van der Waals surface area contributed by atoms with Crippen LogP contribution >= 0.6 is 11.8 Å². The van der Waals surface area contributed by atoms with Crippen LogP contribution in [0, 0.1) is 25.5 Å². The molecule has 2 aromatic rings. The SMILES string of the molecule is Cc1cc(C)nc(SCC(=O)c2ccc(F)c(F)c2)n1. The lowest BCUT2D eigenvalue weighted by Crippen LogP contribution is -2.05. The van der Waals surface area contributed by atoms with Gasteiger partial charge in [0.05, 0.1) is 5.75 Å². The Hall–Kier alpha value is -1.82. The molecule has 104 valence electrons. The summed E-state index contributed by atoms with van der Waals surface area (Å²) in [5.41, 5.74) is 1.78. The molecule has 0 aliphatic heterocycles. The monoisotopic (exact) mass is 294 g/mol. The van der Waals surface area contributed by atoms with Crippen molar-refractivity contribution in [2.24, 2.45) is 0 Å². The summed E-state index contributed by atoms with van der Waals surface area (Å²) in [6.45, 7) is 3.69. The van der Waals surface area contributed by atoms with Crippen LogP contribution in [0.25, 0.3) is 0 Å². The maximum absolute atomic E-state index is 13.0. The summed E-state index contributed by atoms with van der Waals surface area (Å²) in [6.07, 6.45) is 0. The summed E-state index contributed by atoms with van der Waals surface area (Å²) < 4.78 is 25.8. The van der Waals surface area contributed by atoms with Gasteiger partial charge in [-0.1, -0.05) is 11.8 Å². The lowest BCUT2D eigenvalue weighted by Gasteiger charge is -2.03. The molecule has 0 fully saturated rings. The minimum absolute atomic E-state index is 0.0773. The number of halogens is 2. The second-order valence-corrected chi connectivity index (χ2v) is 5.22. The number of carbonyl (C=O) groups excluding carboxylic acids is 1. The predicted octanol–water partition coefficient (Wildman–Crippen LogP) is 3.35. The van der Waals surface area contributed by atoms with Gasteiger partial charge in [0.25, 0.3) is 0 Å². The highest BCUT2D eigenvalue weighted by Crippen LogP contribution is 2.17. The molecular weight excluding hydrogens is 282 g/mol. The molecule has 6 heteroatoms. The minimum atomic E-state index is -1.02. The van der Waals surface area contributed by atoms with Gasteiger partial charge in [-0.15, -0.1) is 0 Å². The first-order valence-electron chi connectivity index (χ1n) is 5.89. The fourth-order valence-electron chi connectivity index (χ4n) is 1.64. The molecule has 3 nitrogen and oxygen atoms in total. The summed E-state index contributed by atoms with van der Waals surface area (Å²) in [4.78, 5) is 20.3. The summed E-state index contributed by atoms with van der Waals surface area (Å²) in [5.74, 6) is -2.21. The molecule has 0 aliphatic rings. The molecule has 1 heterocycles. The molecular formula is C14H12F2N2OS. The quantitative estimate of drug-likeness (QED) is 0.493. The van der Waals surface area contributed by atoms with E-state index in [2.05, 4.69) is 9.97 Å². The van der Waals surface area contributed by atoms with E-state index in [-0.39, 0.29) is 17.1 Å².